The number of anilines is 1. The zero-order valence-electron chi connectivity index (χ0n) is 19.5. The number of nitrogens with one attached hydrogen (secondary N) is 1. The third-order valence-electron chi connectivity index (χ3n) is 5.98. The first-order valence-electron chi connectivity index (χ1n) is 11.3. The smallest absolute Gasteiger partial charge is 0.410 e. The predicted octanol–water partition coefficient (Wildman–Crippen LogP) is 5.21. The number of amides is 1. The van der Waals surface area contributed by atoms with Gasteiger partial charge in [-0.25, -0.2) is 4.79 Å². The fourth-order valence-corrected chi connectivity index (χ4v) is 4.41. The number of ether oxygens (including phenoxy) is 1. The first kappa shape index (κ1) is 21.2. The maximum atomic E-state index is 12.4. The van der Waals surface area contributed by atoms with Crippen molar-refractivity contribution in [2.45, 2.75) is 38.8 Å². The molecule has 1 amide bonds. The predicted molar refractivity (Wildman–Crippen MR) is 131 cm³/mol. The zero-order valence-corrected chi connectivity index (χ0v) is 19.5. The van der Waals surface area contributed by atoms with Gasteiger partial charge in [-0.15, -0.1) is 0 Å². The summed E-state index contributed by atoms with van der Waals surface area (Å²) in [5.41, 5.74) is 5.50. The summed E-state index contributed by atoms with van der Waals surface area (Å²) >= 11 is 0. The number of carbonyl (C=O) groups excluding carboxylic acids is 1. The fourth-order valence-electron chi connectivity index (χ4n) is 4.41. The summed E-state index contributed by atoms with van der Waals surface area (Å²) in [4.78, 5) is 23.4. The Hall–Kier alpha value is -3.61. The molecule has 1 atom stereocenters. The molecule has 1 saturated heterocycles. The summed E-state index contributed by atoms with van der Waals surface area (Å²) in [6, 6.07) is 12.9. The van der Waals surface area contributed by atoms with Crippen LogP contribution < -0.4 is 5.32 Å². The molecule has 1 N–H and O–H groups in total. The molecule has 2 aromatic heterocycles. The number of hydrogen-bond acceptors (Lipinski definition) is 5. The van der Waals surface area contributed by atoms with Crippen molar-refractivity contribution in [3.63, 3.8) is 0 Å². The van der Waals surface area contributed by atoms with E-state index >= 15 is 0 Å². The minimum absolute atomic E-state index is 0.148. The molecule has 170 valence electrons. The normalized spacial score (nSPS) is 16.5. The van der Waals surface area contributed by atoms with Crippen LogP contribution in [0.15, 0.2) is 55.0 Å². The molecular weight excluding hydrogens is 414 g/mol. The summed E-state index contributed by atoms with van der Waals surface area (Å²) in [5.74, 6) is 0. The van der Waals surface area contributed by atoms with Crippen LogP contribution in [0.25, 0.3) is 33.1 Å². The molecule has 1 fully saturated rings. The van der Waals surface area contributed by atoms with Crippen LogP contribution in [-0.4, -0.2) is 50.3 Å². The van der Waals surface area contributed by atoms with E-state index in [1.165, 1.54) is 10.9 Å². The van der Waals surface area contributed by atoms with E-state index in [1.807, 2.05) is 26.8 Å². The molecule has 1 aliphatic rings. The van der Waals surface area contributed by atoms with E-state index in [9.17, 15) is 4.79 Å². The third kappa shape index (κ3) is 4.35. The van der Waals surface area contributed by atoms with E-state index < -0.39 is 5.60 Å². The Balaban J connectivity index is 1.44. The molecule has 3 heterocycles. The summed E-state index contributed by atoms with van der Waals surface area (Å²) < 4.78 is 7.66. The van der Waals surface area contributed by atoms with Crippen LogP contribution >= 0.6 is 0 Å². The van der Waals surface area contributed by atoms with Gasteiger partial charge >= 0.3 is 6.09 Å². The molecule has 0 spiro atoms. The van der Waals surface area contributed by atoms with Crippen molar-refractivity contribution in [1.82, 2.24) is 19.4 Å². The molecule has 0 aliphatic carbocycles. The van der Waals surface area contributed by atoms with Crippen molar-refractivity contribution in [3.05, 3.63) is 55.0 Å². The molecule has 2 aromatic carbocycles. The van der Waals surface area contributed by atoms with Gasteiger partial charge in [0.05, 0.1) is 11.0 Å². The summed E-state index contributed by atoms with van der Waals surface area (Å²) in [6.45, 7) is 6.96. The van der Waals surface area contributed by atoms with Crippen LogP contribution in [0.5, 0.6) is 0 Å². The lowest BCUT2D eigenvalue weighted by Gasteiger charge is -2.24. The van der Waals surface area contributed by atoms with Crippen LogP contribution in [0.1, 0.15) is 27.2 Å². The number of nitrogens with zero attached hydrogens (tertiary/aromatic N) is 4. The topological polar surface area (TPSA) is 72.3 Å². The zero-order chi connectivity index (χ0) is 23.2. The lowest BCUT2D eigenvalue weighted by Crippen LogP contribution is -2.36. The van der Waals surface area contributed by atoms with Gasteiger partial charge in [0.1, 0.15) is 5.60 Å². The summed E-state index contributed by atoms with van der Waals surface area (Å²) in [7, 11) is 2.05. The Labute approximate surface area is 193 Å². The molecule has 7 nitrogen and oxygen atoms in total. The Morgan fingerprint density at radius 3 is 2.76 bits per heavy atom. The van der Waals surface area contributed by atoms with Crippen molar-refractivity contribution >= 4 is 33.7 Å². The standard InChI is InChI=1S/C26H29N5O2/c1-26(2,3)33-25(32)31-12-8-19(16-31)29-20-14-21(24-22(15-20)27-9-10-28-24)18-6-5-17-7-11-30(4)23(17)13-18/h5-7,9-11,13-15,19,29H,8,12,16H2,1-4H3. The first-order chi connectivity index (χ1) is 15.8. The number of aromatic nitrogens is 3. The van der Waals surface area contributed by atoms with Gasteiger partial charge in [-0.2, -0.15) is 0 Å². The molecule has 7 heteroatoms. The second-order valence-electron chi connectivity index (χ2n) is 9.70. The highest BCUT2D eigenvalue weighted by atomic mass is 16.6. The number of fused-ring (bicyclic) bond motifs is 2. The molecule has 4 aromatic rings. The number of carbonyl (C=O) groups is 1. The molecule has 0 radical (unpaired) electrons. The van der Waals surface area contributed by atoms with Gasteiger partial charge in [0.15, 0.2) is 0 Å². The number of likely N-dealkylation sites (tertiary alicyclic amines) is 1. The van der Waals surface area contributed by atoms with E-state index in [2.05, 4.69) is 63.4 Å². The molecule has 33 heavy (non-hydrogen) atoms. The van der Waals surface area contributed by atoms with Crippen molar-refractivity contribution in [1.29, 1.82) is 0 Å². The number of rotatable bonds is 3. The third-order valence-corrected chi connectivity index (χ3v) is 5.98. The molecule has 1 aliphatic heterocycles. The Morgan fingerprint density at radius 1 is 1.12 bits per heavy atom. The fraction of sp³-hybridized carbons (Fsp3) is 0.346. The quantitative estimate of drug-likeness (QED) is 0.471. The van der Waals surface area contributed by atoms with Crippen LogP contribution in [-0.2, 0) is 11.8 Å². The SMILES string of the molecule is Cn1ccc2ccc(-c3cc(NC4CCN(C(=O)OC(C)(C)C)C4)cc4nccnc34)cc21. The van der Waals surface area contributed by atoms with Crippen molar-refractivity contribution in [3.8, 4) is 11.1 Å². The molecule has 5 rings (SSSR count). The number of benzene rings is 2. The Morgan fingerprint density at radius 2 is 1.94 bits per heavy atom. The highest BCUT2D eigenvalue weighted by Gasteiger charge is 2.29. The second kappa shape index (κ2) is 8.06. The average molecular weight is 444 g/mol. The van der Waals surface area contributed by atoms with Gasteiger partial charge in [-0.1, -0.05) is 12.1 Å². The van der Waals surface area contributed by atoms with Gasteiger partial charge < -0.3 is 19.5 Å². The van der Waals surface area contributed by atoms with Gasteiger partial charge in [0.2, 0.25) is 0 Å². The summed E-state index contributed by atoms with van der Waals surface area (Å²) in [5, 5.41) is 4.82. The lowest BCUT2D eigenvalue weighted by atomic mass is 10.0. The molecule has 0 bridgehead atoms. The van der Waals surface area contributed by atoms with Gasteiger partial charge in [-0.05, 0) is 62.4 Å². The Bertz CT molecular complexity index is 1340. The monoisotopic (exact) mass is 443 g/mol. The van der Waals surface area contributed by atoms with Crippen molar-refractivity contribution < 1.29 is 9.53 Å². The highest BCUT2D eigenvalue weighted by molar-refractivity contribution is 5.97. The van der Waals surface area contributed by atoms with Crippen LogP contribution in [0.3, 0.4) is 0 Å². The largest absolute Gasteiger partial charge is 0.444 e. The molecule has 1 unspecified atom stereocenters. The van der Waals surface area contributed by atoms with Gasteiger partial charge in [0.25, 0.3) is 0 Å². The minimum atomic E-state index is -0.492. The lowest BCUT2D eigenvalue weighted by molar-refractivity contribution is 0.0293. The van der Waals surface area contributed by atoms with E-state index in [0.29, 0.717) is 13.1 Å². The number of hydrogen-bond donors (Lipinski definition) is 1. The van der Waals surface area contributed by atoms with Crippen LogP contribution in [0, 0.1) is 0 Å². The first-order valence-corrected chi connectivity index (χ1v) is 11.3. The Kier molecular flexibility index (Phi) is 5.19. The number of aryl methyl sites for hydroxylation is 1. The maximum absolute atomic E-state index is 12.4. The maximum Gasteiger partial charge on any atom is 0.410 e. The minimum Gasteiger partial charge on any atom is -0.444 e. The average Bonchev–Trinajstić information content (AvgIpc) is 3.39. The van der Waals surface area contributed by atoms with E-state index in [-0.39, 0.29) is 12.1 Å². The molecular formula is C26H29N5O2. The van der Waals surface area contributed by atoms with Crippen molar-refractivity contribution in [2.24, 2.45) is 7.05 Å². The van der Waals surface area contributed by atoms with E-state index in [0.717, 1.165) is 34.3 Å². The van der Waals surface area contributed by atoms with Crippen LogP contribution in [0.4, 0.5) is 10.5 Å². The van der Waals surface area contributed by atoms with E-state index in [4.69, 9.17) is 4.74 Å². The molecule has 0 saturated carbocycles. The van der Waals surface area contributed by atoms with Crippen molar-refractivity contribution in [2.75, 3.05) is 18.4 Å². The van der Waals surface area contributed by atoms with E-state index in [1.54, 1.807) is 17.3 Å². The highest BCUT2D eigenvalue weighted by Crippen LogP contribution is 2.33. The van der Waals surface area contributed by atoms with Crippen LogP contribution in [0.2, 0.25) is 0 Å². The summed E-state index contributed by atoms with van der Waals surface area (Å²) in [6.07, 6.45) is 6.13. The van der Waals surface area contributed by atoms with Gasteiger partial charge in [-0.3, -0.25) is 9.97 Å². The van der Waals surface area contributed by atoms with Gasteiger partial charge in [0, 0.05) is 61.5 Å². The second-order valence-corrected chi connectivity index (χ2v) is 9.70.